The molecule has 2 aromatic rings. The van der Waals surface area contributed by atoms with Gasteiger partial charge in [0.15, 0.2) is 0 Å². The van der Waals surface area contributed by atoms with E-state index >= 15 is 0 Å². The van der Waals surface area contributed by atoms with Gasteiger partial charge >= 0.3 is 0 Å². The normalized spacial score (nSPS) is 18.5. The molecule has 32 heavy (non-hydrogen) atoms. The van der Waals surface area contributed by atoms with E-state index in [0.717, 1.165) is 5.75 Å². The Morgan fingerprint density at radius 3 is 2.47 bits per heavy atom. The summed E-state index contributed by atoms with van der Waals surface area (Å²) in [5.74, 6) is 1.10. The van der Waals surface area contributed by atoms with Gasteiger partial charge in [-0.15, -0.1) is 0 Å². The minimum atomic E-state index is -1.99. The highest BCUT2D eigenvalue weighted by molar-refractivity contribution is 6.92. The molecule has 0 saturated carbocycles. The molecule has 170 valence electrons. The van der Waals surface area contributed by atoms with E-state index in [1.807, 2.05) is 6.08 Å². The molecule has 1 unspecified atom stereocenters. The number of hydrogen-bond acceptors (Lipinski definition) is 2. The zero-order valence-electron chi connectivity index (χ0n) is 20.8. The van der Waals surface area contributed by atoms with Gasteiger partial charge in [-0.3, -0.25) is 0 Å². The van der Waals surface area contributed by atoms with Crippen LogP contribution in [0.3, 0.4) is 0 Å². The van der Waals surface area contributed by atoms with Crippen LogP contribution in [0.5, 0.6) is 5.75 Å². The molecule has 0 amide bonds. The largest absolute Gasteiger partial charge is 0.489 e. The van der Waals surface area contributed by atoms with Gasteiger partial charge in [-0.05, 0) is 41.5 Å². The third-order valence-corrected chi connectivity index (χ3v) is 11.0. The summed E-state index contributed by atoms with van der Waals surface area (Å²) >= 11 is 0. The highest BCUT2D eigenvalue weighted by Crippen LogP contribution is 2.44. The van der Waals surface area contributed by atoms with Crippen LogP contribution in [-0.2, 0) is 5.41 Å². The van der Waals surface area contributed by atoms with Crippen LogP contribution < -0.4 is 9.92 Å². The molecule has 4 rings (SSSR count). The molecular formula is C29H39NOSi. The molecule has 0 aromatic heterocycles. The summed E-state index contributed by atoms with van der Waals surface area (Å²) in [5, 5.41) is 1.43. The summed E-state index contributed by atoms with van der Waals surface area (Å²) in [6.45, 7) is 21.0. The molecule has 0 bridgehead atoms. The minimum absolute atomic E-state index is 0.0197. The van der Waals surface area contributed by atoms with Crippen molar-refractivity contribution in [3.63, 3.8) is 0 Å². The van der Waals surface area contributed by atoms with Crippen molar-refractivity contribution in [2.75, 3.05) is 19.7 Å². The number of allylic oxidation sites excluding steroid dienone is 1. The van der Waals surface area contributed by atoms with Crippen molar-refractivity contribution < 1.29 is 4.74 Å². The maximum Gasteiger partial charge on any atom is 0.122 e. The van der Waals surface area contributed by atoms with Crippen LogP contribution in [0.25, 0.3) is 5.70 Å². The van der Waals surface area contributed by atoms with Crippen molar-refractivity contribution in [1.29, 1.82) is 0 Å². The fourth-order valence-corrected chi connectivity index (χ4v) is 8.77. The lowest BCUT2D eigenvalue weighted by molar-refractivity contribution is 0.353. The van der Waals surface area contributed by atoms with E-state index in [1.165, 1.54) is 59.1 Å². The Balaban J connectivity index is 1.88. The van der Waals surface area contributed by atoms with Gasteiger partial charge in [0.05, 0.1) is 8.07 Å². The third kappa shape index (κ3) is 4.08. The molecular weight excluding hydrogens is 406 g/mol. The Morgan fingerprint density at radius 2 is 1.81 bits per heavy atom. The Kier molecular flexibility index (Phi) is 6.15. The first-order valence-corrected chi connectivity index (χ1v) is 15.2. The lowest BCUT2D eigenvalue weighted by atomic mass is 9.85. The number of hydrogen-bond donors (Lipinski definition) is 0. The van der Waals surface area contributed by atoms with Gasteiger partial charge in [0, 0.05) is 29.9 Å². The van der Waals surface area contributed by atoms with Crippen molar-refractivity contribution in [2.45, 2.75) is 64.6 Å². The maximum absolute atomic E-state index is 6.45. The number of ether oxygens (including phenoxy) is 1. The number of rotatable bonds is 6. The second-order valence-electron chi connectivity index (χ2n) is 11.1. The Hall–Kier alpha value is -2.26. The van der Waals surface area contributed by atoms with Crippen LogP contribution in [-0.4, -0.2) is 32.7 Å². The summed E-state index contributed by atoms with van der Waals surface area (Å²) < 4.78 is 6.45. The molecule has 2 nitrogen and oxygen atoms in total. The summed E-state index contributed by atoms with van der Waals surface area (Å²) in [5.41, 5.74) is 7.50. The molecule has 0 radical (unpaired) electrons. The SMILES string of the molecule is C=CCOc1c(C(C)(C)C)cc(C)cc1[Si](C)(C)C1C=C(N2CCCC2)c2ccccc21. The van der Waals surface area contributed by atoms with E-state index < -0.39 is 8.07 Å². The van der Waals surface area contributed by atoms with E-state index in [2.05, 4.69) is 94.7 Å². The Bertz CT molecular complexity index is 1040. The topological polar surface area (TPSA) is 12.5 Å². The fourth-order valence-electron chi connectivity index (χ4n) is 5.44. The van der Waals surface area contributed by atoms with E-state index in [9.17, 15) is 0 Å². The van der Waals surface area contributed by atoms with E-state index in [0.29, 0.717) is 12.1 Å². The summed E-state index contributed by atoms with van der Waals surface area (Å²) in [6, 6.07) is 13.8. The maximum atomic E-state index is 6.45. The lowest BCUT2D eigenvalue weighted by Gasteiger charge is -2.34. The van der Waals surface area contributed by atoms with E-state index in [-0.39, 0.29) is 5.41 Å². The first-order chi connectivity index (χ1) is 15.1. The average Bonchev–Trinajstić information content (AvgIpc) is 3.39. The van der Waals surface area contributed by atoms with Crippen molar-refractivity contribution in [3.8, 4) is 5.75 Å². The van der Waals surface area contributed by atoms with E-state index in [4.69, 9.17) is 4.74 Å². The van der Waals surface area contributed by atoms with Gasteiger partial charge in [-0.1, -0.05) is 94.6 Å². The molecule has 1 aliphatic heterocycles. The van der Waals surface area contributed by atoms with Crippen LogP contribution >= 0.6 is 0 Å². The molecule has 1 fully saturated rings. The van der Waals surface area contributed by atoms with Gasteiger partial charge in [0.1, 0.15) is 12.4 Å². The van der Waals surface area contributed by atoms with Crippen molar-refractivity contribution in [1.82, 2.24) is 4.90 Å². The molecule has 3 heteroatoms. The number of nitrogens with zero attached hydrogens (tertiary/aromatic N) is 1. The second kappa shape index (κ2) is 8.59. The fraction of sp³-hybridized carbons (Fsp3) is 0.448. The molecule has 1 aliphatic carbocycles. The molecule has 1 heterocycles. The van der Waals surface area contributed by atoms with E-state index in [1.54, 1.807) is 0 Å². The average molecular weight is 446 g/mol. The highest BCUT2D eigenvalue weighted by Gasteiger charge is 2.42. The van der Waals surface area contributed by atoms with Gasteiger partial charge in [-0.25, -0.2) is 0 Å². The first-order valence-electron chi connectivity index (χ1n) is 12.1. The standard InChI is InChI=1S/C29H39NOSi/c1-8-17-31-28-24(29(3,4)5)18-21(2)19-27(28)32(6,7)26-20-25(30-15-11-12-16-30)22-13-9-10-14-23(22)26/h8-10,13-14,18-20,26H,1,11-12,15-17H2,2-7H3. The molecule has 1 atom stereocenters. The Morgan fingerprint density at radius 1 is 1.12 bits per heavy atom. The lowest BCUT2D eigenvalue weighted by Crippen LogP contribution is -2.48. The van der Waals surface area contributed by atoms with Gasteiger partial charge in [0.2, 0.25) is 0 Å². The van der Waals surface area contributed by atoms with Crippen LogP contribution in [0.1, 0.15) is 61.4 Å². The number of benzene rings is 2. The summed E-state index contributed by atoms with van der Waals surface area (Å²) in [7, 11) is -1.99. The van der Waals surface area contributed by atoms with Gasteiger partial charge in [0.25, 0.3) is 0 Å². The smallest absolute Gasteiger partial charge is 0.122 e. The molecule has 2 aliphatic rings. The van der Waals surface area contributed by atoms with Crippen LogP contribution in [0.15, 0.2) is 55.1 Å². The zero-order chi connectivity index (χ0) is 23.1. The van der Waals surface area contributed by atoms with Crippen molar-refractivity contribution in [2.24, 2.45) is 0 Å². The second-order valence-corrected chi connectivity index (χ2v) is 15.7. The predicted octanol–water partition coefficient (Wildman–Crippen LogP) is 6.55. The molecule has 0 spiro atoms. The molecule has 2 aromatic carbocycles. The van der Waals surface area contributed by atoms with Gasteiger partial charge < -0.3 is 9.64 Å². The van der Waals surface area contributed by atoms with Crippen LogP contribution in [0, 0.1) is 6.92 Å². The van der Waals surface area contributed by atoms with Crippen molar-refractivity contribution in [3.05, 3.63) is 77.4 Å². The zero-order valence-corrected chi connectivity index (χ0v) is 21.8. The quantitative estimate of drug-likeness (QED) is 0.369. The first kappa shape index (κ1) is 22.9. The minimum Gasteiger partial charge on any atom is -0.489 e. The molecule has 0 N–H and O–H groups in total. The number of likely N-dealkylation sites (tertiary alicyclic amines) is 1. The summed E-state index contributed by atoms with van der Waals surface area (Å²) in [6.07, 6.45) is 7.06. The molecule has 1 saturated heterocycles. The van der Waals surface area contributed by atoms with Crippen LogP contribution in [0.2, 0.25) is 13.1 Å². The number of aryl methyl sites for hydroxylation is 1. The third-order valence-electron chi connectivity index (χ3n) is 7.20. The van der Waals surface area contributed by atoms with Crippen molar-refractivity contribution >= 4 is 19.0 Å². The Labute approximate surface area is 196 Å². The monoisotopic (exact) mass is 445 g/mol. The summed E-state index contributed by atoms with van der Waals surface area (Å²) in [4.78, 5) is 2.61. The highest BCUT2D eigenvalue weighted by atomic mass is 28.3. The number of fused-ring (bicyclic) bond motifs is 1. The predicted molar refractivity (Wildman–Crippen MR) is 141 cm³/mol. The van der Waals surface area contributed by atoms with Crippen LogP contribution in [0.4, 0.5) is 0 Å². The van der Waals surface area contributed by atoms with Gasteiger partial charge in [-0.2, -0.15) is 0 Å².